The lowest BCUT2D eigenvalue weighted by molar-refractivity contribution is 0.197. The molecule has 0 aliphatic heterocycles. The van der Waals surface area contributed by atoms with Crippen LogP contribution in [-0.4, -0.2) is 37.3 Å². The zero-order valence-electron chi connectivity index (χ0n) is 11.1. The first-order valence-electron chi connectivity index (χ1n) is 5.96. The third-order valence-electron chi connectivity index (χ3n) is 2.52. The lowest BCUT2D eigenvalue weighted by Crippen LogP contribution is -2.11. The molecule has 0 bridgehead atoms. The summed E-state index contributed by atoms with van der Waals surface area (Å²) in [7, 11) is 3.59. The molecule has 0 aliphatic rings. The number of hydrogen-bond donors (Lipinski definition) is 2. The molecule has 1 aromatic rings. The van der Waals surface area contributed by atoms with Gasteiger partial charge in [0.1, 0.15) is 18.0 Å². The standard InChI is InChI=1S/C12H22N4O/c1-9(2)10-11(13-3)15-8-16-12(10)14-6-5-7-17-4/h8-9H,5-7H2,1-4H3,(H2,13,14,15,16). The average molecular weight is 238 g/mol. The van der Waals surface area contributed by atoms with Crippen LogP contribution < -0.4 is 10.6 Å². The van der Waals surface area contributed by atoms with E-state index in [1.807, 2.05) is 7.05 Å². The van der Waals surface area contributed by atoms with Crippen LogP contribution in [0.3, 0.4) is 0 Å². The Hall–Kier alpha value is -1.36. The van der Waals surface area contributed by atoms with Gasteiger partial charge in [0.2, 0.25) is 0 Å². The first-order chi connectivity index (χ1) is 8.20. The minimum absolute atomic E-state index is 0.378. The maximum Gasteiger partial charge on any atom is 0.134 e. The molecule has 2 N–H and O–H groups in total. The van der Waals surface area contributed by atoms with Crippen LogP contribution in [0.15, 0.2) is 6.33 Å². The SMILES string of the molecule is CNc1ncnc(NCCCOC)c1C(C)C. The summed E-state index contributed by atoms with van der Waals surface area (Å²) < 4.78 is 5.02. The Balaban J connectivity index is 2.76. The maximum absolute atomic E-state index is 5.02. The lowest BCUT2D eigenvalue weighted by Gasteiger charge is -2.16. The van der Waals surface area contributed by atoms with Crippen molar-refractivity contribution >= 4 is 11.6 Å². The zero-order chi connectivity index (χ0) is 12.7. The molecule has 0 fully saturated rings. The van der Waals surface area contributed by atoms with Gasteiger partial charge in [-0.05, 0) is 12.3 Å². The van der Waals surface area contributed by atoms with Gasteiger partial charge in [-0.25, -0.2) is 9.97 Å². The summed E-state index contributed by atoms with van der Waals surface area (Å²) in [5.74, 6) is 2.18. The molecule has 5 nitrogen and oxygen atoms in total. The fourth-order valence-electron chi connectivity index (χ4n) is 1.71. The fraction of sp³-hybridized carbons (Fsp3) is 0.667. The van der Waals surface area contributed by atoms with Gasteiger partial charge in [0.15, 0.2) is 0 Å². The fourth-order valence-corrected chi connectivity index (χ4v) is 1.71. The van der Waals surface area contributed by atoms with Crippen molar-refractivity contribution in [1.29, 1.82) is 0 Å². The van der Waals surface area contributed by atoms with Crippen molar-refractivity contribution in [2.75, 3.05) is 37.9 Å². The van der Waals surface area contributed by atoms with Gasteiger partial charge in [-0.15, -0.1) is 0 Å². The maximum atomic E-state index is 5.02. The zero-order valence-corrected chi connectivity index (χ0v) is 11.1. The van der Waals surface area contributed by atoms with Crippen LogP contribution in [-0.2, 0) is 4.74 Å². The summed E-state index contributed by atoms with van der Waals surface area (Å²) in [5.41, 5.74) is 1.13. The predicted octanol–water partition coefficient (Wildman–Crippen LogP) is 2.09. The highest BCUT2D eigenvalue weighted by atomic mass is 16.5. The number of rotatable bonds is 7. The number of ether oxygens (including phenoxy) is 1. The molecule has 1 rings (SSSR count). The van der Waals surface area contributed by atoms with Gasteiger partial charge in [0, 0.05) is 32.9 Å². The van der Waals surface area contributed by atoms with Crippen LogP contribution >= 0.6 is 0 Å². The Morgan fingerprint density at radius 2 is 2.00 bits per heavy atom. The third-order valence-corrected chi connectivity index (χ3v) is 2.52. The molecule has 0 saturated heterocycles. The molecule has 0 radical (unpaired) electrons. The summed E-state index contributed by atoms with van der Waals surface area (Å²) >= 11 is 0. The summed E-state index contributed by atoms with van der Waals surface area (Å²) in [6, 6.07) is 0. The molecule has 0 atom stereocenters. The number of aromatic nitrogens is 2. The highest BCUT2D eigenvalue weighted by Gasteiger charge is 2.13. The minimum Gasteiger partial charge on any atom is -0.385 e. The second kappa shape index (κ2) is 7.06. The van der Waals surface area contributed by atoms with E-state index in [4.69, 9.17) is 4.74 Å². The smallest absolute Gasteiger partial charge is 0.134 e. The Morgan fingerprint density at radius 3 is 2.59 bits per heavy atom. The number of methoxy groups -OCH3 is 1. The Kier molecular flexibility index (Phi) is 5.69. The van der Waals surface area contributed by atoms with Gasteiger partial charge < -0.3 is 15.4 Å². The monoisotopic (exact) mass is 238 g/mol. The molecule has 5 heteroatoms. The van der Waals surface area contributed by atoms with E-state index in [2.05, 4.69) is 34.4 Å². The van der Waals surface area contributed by atoms with Crippen LogP contribution in [0.4, 0.5) is 11.6 Å². The van der Waals surface area contributed by atoms with E-state index in [-0.39, 0.29) is 0 Å². The Morgan fingerprint density at radius 1 is 1.29 bits per heavy atom. The molecule has 1 aromatic heterocycles. The molecular formula is C12H22N4O. The molecule has 0 aromatic carbocycles. The largest absolute Gasteiger partial charge is 0.385 e. The molecule has 1 heterocycles. The summed E-state index contributed by atoms with van der Waals surface area (Å²) in [6.45, 7) is 5.89. The first kappa shape index (κ1) is 13.7. The van der Waals surface area contributed by atoms with Gasteiger partial charge >= 0.3 is 0 Å². The van der Waals surface area contributed by atoms with Crippen molar-refractivity contribution in [2.45, 2.75) is 26.2 Å². The molecular weight excluding hydrogens is 216 g/mol. The summed E-state index contributed by atoms with van der Waals surface area (Å²) in [4.78, 5) is 8.54. The van der Waals surface area contributed by atoms with E-state index < -0.39 is 0 Å². The molecule has 0 unspecified atom stereocenters. The van der Waals surface area contributed by atoms with E-state index in [1.54, 1.807) is 13.4 Å². The van der Waals surface area contributed by atoms with Crippen molar-refractivity contribution in [3.63, 3.8) is 0 Å². The highest BCUT2D eigenvalue weighted by molar-refractivity contribution is 5.58. The Labute approximate surface area is 103 Å². The van der Waals surface area contributed by atoms with E-state index in [0.29, 0.717) is 5.92 Å². The van der Waals surface area contributed by atoms with E-state index in [9.17, 15) is 0 Å². The number of anilines is 2. The van der Waals surface area contributed by atoms with Crippen LogP contribution in [0.2, 0.25) is 0 Å². The molecule has 0 saturated carbocycles. The van der Waals surface area contributed by atoms with Gasteiger partial charge in [-0.3, -0.25) is 0 Å². The molecule has 17 heavy (non-hydrogen) atoms. The number of hydrogen-bond acceptors (Lipinski definition) is 5. The van der Waals surface area contributed by atoms with Crippen LogP contribution in [0.5, 0.6) is 0 Å². The summed E-state index contributed by atoms with van der Waals surface area (Å²) in [5, 5.41) is 6.44. The molecule has 0 spiro atoms. The average Bonchev–Trinajstić information content (AvgIpc) is 2.33. The van der Waals surface area contributed by atoms with Crippen LogP contribution in [0.1, 0.15) is 31.7 Å². The van der Waals surface area contributed by atoms with Gasteiger partial charge in [0.05, 0.1) is 0 Å². The second-order valence-electron chi connectivity index (χ2n) is 4.16. The van der Waals surface area contributed by atoms with Crippen molar-refractivity contribution in [2.24, 2.45) is 0 Å². The predicted molar refractivity (Wildman–Crippen MR) is 70.7 cm³/mol. The van der Waals surface area contributed by atoms with Crippen molar-refractivity contribution in [3.05, 3.63) is 11.9 Å². The van der Waals surface area contributed by atoms with E-state index >= 15 is 0 Å². The van der Waals surface area contributed by atoms with Gasteiger partial charge in [-0.1, -0.05) is 13.8 Å². The quantitative estimate of drug-likeness (QED) is 0.712. The lowest BCUT2D eigenvalue weighted by atomic mass is 10.0. The third kappa shape index (κ3) is 3.85. The molecule has 0 amide bonds. The molecule has 0 aliphatic carbocycles. The normalized spacial score (nSPS) is 10.6. The number of nitrogens with zero attached hydrogens (tertiary/aromatic N) is 2. The number of nitrogens with one attached hydrogen (secondary N) is 2. The van der Waals surface area contributed by atoms with E-state index in [1.165, 1.54) is 0 Å². The molecule has 96 valence electrons. The first-order valence-corrected chi connectivity index (χ1v) is 5.96. The Bertz CT molecular complexity index is 341. The topological polar surface area (TPSA) is 59.1 Å². The minimum atomic E-state index is 0.378. The summed E-state index contributed by atoms with van der Waals surface area (Å²) in [6.07, 6.45) is 2.54. The highest BCUT2D eigenvalue weighted by Crippen LogP contribution is 2.27. The van der Waals surface area contributed by atoms with Crippen molar-refractivity contribution < 1.29 is 4.74 Å². The van der Waals surface area contributed by atoms with Gasteiger partial charge in [-0.2, -0.15) is 0 Å². The van der Waals surface area contributed by atoms with E-state index in [0.717, 1.165) is 36.8 Å². The van der Waals surface area contributed by atoms with Crippen LogP contribution in [0, 0.1) is 0 Å². The van der Waals surface area contributed by atoms with Crippen molar-refractivity contribution in [1.82, 2.24) is 9.97 Å². The van der Waals surface area contributed by atoms with Gasteiger partial charge in [0.25, 0.3) is 0 Å². The second-order valence-corrected chi connectivity index (χ2v) is 4.16. The van der Waals surface area contributed by atoms with Crippen LogP contribution in [0.25, 0.3) is 0 Å². The van der Waals surface area contributed by atoms with Crippen molar-refractivity contribution in [3.8, 4) is 0 Å².